The molecule has 0 aromatic heterocycles. The van der Waals surface area contributed by atoms with Gasteiger partial charge in [0.2, 0.25) is 5.91 Å². The van der Waals surface area contributed by atoms with Gasteiger partial charge in [0.25, 0.3) is 0 Å². The molecular weight excluding hydrogens is 263 g/mol. The van der Waals surface area contributed by atoms with Gasteiger partial charge in [0, 0.05) is 12.3 Å². The molecular formula is C14H15FN2O3. The van der Waals surface area contributed by atoms with Crippen molar-refractivity contribution in [1.29, 1.82) is 5.26 Å². The lowest BCUT2D eigenvalue weighted by molar-refractivity contribution is -0.143. The van der Waals surface area contributed by atoms with Crippen molar-refractivity contribution >= 4 is 11.9 Å². The molecule has 1 aromatic rings. The Kier molecular flexibility index (Phi) is 5.66. The largest absolute Gasteiger partial charge is 0.480 e. The summed E-state index contributed by atoms with van der Waals surface area (Å²) in [6.45, 7) is 1.57. The Morgan fingerprint density at radius 2 is 2.20 bits per heavy atom. The van der Waals surface area contributed by atoms with E-state index in [0.717, 1.165) is 0 Å². The van der Waals surface area contributed by atoms with Crippen LogP contribution in [0.1, 0.15) is 18.9 Å². The number of nitriles is 1. The summed E-state index contributed by atoms with van der Waals surface area (Å²) >= 11 is 0. The van der Waals surface area contributed by atoms with E-state index in [0.29, 0.717) is 5.56 Å². The average molecular weight is 278 g/mol. The van der Waals surface area contributed by atoms with E-state index in [1.807, 2.05) is 6.07 Å². The van der Waals surface area contributed by atoms with Crippen LogP contribution in [0.3, 0.4) is 0 Å². The average Bonchev–Trinajstić information content (AvgIpc) is 2.35. The van der Waals surface area contributed by atoms with Crippen LogP contribution in [0.5, 0.6) is 0 Å². The summed E-state index contributed by atoms with van der Waals surface area (Å²) in [7, 11) is 0. The second-order valence-corrected chi connectivity index (χ2v) is 4.53. The van der Waals surface area contributed by atoms with Gasteiger partial charge in [0.1, 0.15) is 11.9 Å². The highest BCUT2D eigenvalue weighted by Crippen LogP contribution is 2.09. The third-order valence-electron chi connectivity index (χ3n) is 2.82. The van der Waals surface area contributed by atoms with Crippen molar-refractivity contribution in [2.75, 3.05) is 0 Å². The molecule has 2 N–H and O–H groups in total. The van der Waals surface area contributed by atoms with E-state index in [1.165, 1.54) is 18.2 Å². The van der Waals surface area contributed by atoms with Crippen LogP contribution in [-0.2, 0) is 16.0 Å². The third kappa shape index (κ3) is 4.69. The van der Waals surface area contributed by atoms with E-state index in [4.69, 9.17) is 10.4 Å². The zero-order valence-corrected chi connectivity index (χ0v) is 11.0. The summed E-state index contributed by atoms with van der Waals surface area (Å²) in [4.78, 5) is 22.8. The van der Waals surface area contributed by atoms with E-state index < -0.39 is 29.7 Å². The molecule has 0 unspecified atom stereocenters. The number of hydrogen-bond acceptors (Lipinski definition) is 3. The Bertz CT molecular complexity index is 539. The number of carboxylic acid groups (broad SMARTS) is 1. The van der Waals surface area contributed by atoms with Crippen molar-refractivity contribution in [3.63, 3.8) is 0 Å². The van der Waals surface area contributed by atoms with Gasteiger partial charge in [-0.05, 0) is 17.7 Å². The molecule has 6 heteroatoms. The Balaban J connectivity index is 2.67. The quantitative estimate of drug-likeness (QED) is 0.824. The summed E-state index contributed by atoms with van der Waals surface area (Å²) in [6.07, 6.45) is -0.0853. The van der Waals surface area contributed by atoms with Gasteiger partial charge in [-0.2, -0.15) is 5.26 Å². The summed E-state index contributed by atoms with van der Waals surface area (Å²) < 4.78 is 13.0. The van der Waals surface area contributed by atoms with Crippen LogP contribution in [-0.4, -0.2) is 23.0 Å². The van der Waals surface area contributed by atoms with Crippen LogP contribution in [0.4, 0.5) is 4.39 Å². The fraction of sp³-hybridized carbons (Fsp3) is 0.357. The molecule has 1 amide bonds. The maximum absolute atomic E-state index is 13.0. The first-order valence-electron chi connectivity index (χ1n) is 6.07. The molecule has 1 aromatic carbocycles. The van der Waals surface area contributed by atoms with Crippen LogP contribution in [0.2, 0.25) is 0 Å². The van der Waals surface area contributed by atoms with Gasteiger partial charge < -0.3 is 10.4 Å². The normalized spacial score (nSPS) is 13.1. The van der Waals surface area contributed by atoms with Crippen LogP contribution >= 0.6 is 0 Å². The zero-order chi connectivity index (χ0) is 15.1. The number of aliphatic carboxylic acids is 1. The molecule has 0 spiro atoms. The number of nitrogens with one attached hydrogen (secondary N) is 1. The van der Waals surface area contributed by atoms with Crippen molar-refractivity contribution in [2.24, 2.45) is 5.92 Å². The third-order valence-corrected chi connectivity index (χ3v) is 2.82. The zero-order valence-electron chi connectivity index (χ0n) is 11.0. The van der Waals surface area contributed by atoms with E-state index in [2.05, 4.69) is 5.32 Å². The van der Waals surface area contributed by atoms with E-state index in [-0.39, 0.29) is 12.8 Å². The molecule has 20 heavy (non-hydrogen) atoms. The maximum Gasteiger partial charge on any atom is 0.326 e. The summed E-state index contributed by atoms with van der Waals surface area (Å²) in [5.41, 5.74) is 0.458. The Morgan fingerprint density at radius 3 is 2.75 bits per heavy atom. The van der Waals surface area contributed by atoms with Crippen LogP contribution in [0, 0.1) is 23.1 Å². The summed E-state index contributed by atoms with van der Waals surface area (Å²) in [5, 5.41) is 20.0. The lowest BCUT2D eigenvalue weighted by atomic mass is 9.98. The molecule has 0 bridgehead atoms. The predicted molar refractivity (Wildman–Crippen MR) is 69.1 cm³/mol. The molecule has 0 saturated carbocycles. The van der Waals surface area contributed by atoms with Crippen LogP contribution in [0.15, 0.2) is 24.3 Å². The standard InChI is InChI=1S/C14H15FN2O3/c1-9(5-6-16)13(14(19)20)17-12(18)8-10-3-2-4-11(15)7-10/h2-4,7,9,13H,5,8H2,1H3,(H,17,18)(H,19,20)/t9-,13+/m1/s1. The van der Waals surface area contributed by atoms with Gasteiger partial charge in [-0.15, -0.1) is 0 Å². The fourth-order valence-corrected chi connectivity index (χ4v) is 1.77. The van der Waals surface area contributed by atoms with Gasteiger partial charge in [-0.1, -0.05) is 19.1 Å². The molecule has 0 fully saturated rings. The number of halogens is 1. The summed E-state index contributed by atoms with van der Waals surface area (Å²) in [6, 6.07) is 6.27. The number of benzene rings is 1. The Hall–Kier alpha value is -2.42. The van der Waals surface area contributed by atoms with Crippen molar-refractivity contribution in [3.05, 3.63) is 35.6 Å². The second kappa shape index (κ2) is 7.24. The van der Waals surface area contributed by atoms with Crippen molar-refractivity contribution in [3.8, 4) is 6.07 Å². The van der Waals surface area contributed by atoms with Crippen LogP contribution < -0.4 is 5.32 Å². The molecule has 5 nitrogen and oxygen atoms in total. The van der Waals surface area contributed by atoms with Crippen molar-refractivity contribution in [2.45, 2.75) is 25.8 Å². The SMILES string of the molecule is C[C@H](CC#N)[C@H](NC(=O)Cc1cccc(F)c1)C(=O)O. The minimum Gasteiger partial charge on any atom is -0.480 e. The second-order valence-electron chi connectivity index (χ2n) is 4.53. The molecule has 0 aliphatic carbocycles. The molecule has 0 aliphatic heterocycles. The number of carbonyl (C=O) groups is 2. The highest BCUT2D eigenvalue weighted by Gasteiger charge is 2.26. The highest BCUT2D eigenvalue weighted by molar-refractivity contribution is 5.85. The van der Waals surface area contributed by atoms with Gasteiger partial charge in [0.05, 0.1) is 12.5 Å². The van der Waals surface area contributed by atoms with Crippen LogP contribution in [0.25, 0.3) is 0 Å². The topological polar surface area (TPSA) is 90.2 Å². The van der Waals surface area contributed by atoms with E-state index in [9.17, 15) is 14.0 Å². The lowest BCUT2D eigenvalue weighted by Crippen LogP contribution is -2.45. The number of amides is 1. The number of hydrogen-bond donors (Lipinski definition) is 2. The fourth-order valence-electron chi connectivity index (χ4n) is 1.77. The lowest BCUT2D eigenvalue weighted by Gasteiger charge is -2.19. The highest BCUT2D eigenvalue weighted by atomic mass is 19.1. The molecule has 0 saturated heterocycles. The molecule has 2 atom stereocenters. The smallest absolute Gasteiger partial charge is 0.326 e. The van der Waals surface area contributed by atoms with E-state index in [1.54, 1.807) is 13.0 Å². The number of rotatable bonds is 6. The molecule has 0 heterocycles. The van der Waals surface area contributed by atoms with E-state index >= 15 is 0 Å². The minimum absolute atomic E-state index is 0.0250. The van der Waals surface area contributed by atoms with Gasteiger partial charge >= 0.3 is 5.97 Å². The number of nitrogens with zero attached hydrogens (tertiary/aromatic N) is 1. The number of carbonyl (C=O) groups excluding carboxylic acids is 1. The summed E-state index contributed by atoms with van der Waals surface area (Å²) in [5.74, 6) is -2.68. The van der Waals surface area contributed by atoms with Crippen molar-refractivity contribution in [1.82, 2.24) is 5.32 Å². The Labute approximate surface area is 116 Å². The first-order valence-corrected chi connectivity index (χ1v) is 6.07. The maximum atomic E-state index is 13.0. The first kappa shape index (κ1) is 15.6. The predicted octanol–water partition coefficient (Wildman–Crippen LogP) is 1.49. The monoisotopic (exact) mass is 278 g/mol. The van der Waals surface area contributed by atoms with Gasteiger partial charge in [0.15, 0.2) is 0 Å². The minimum atomic E-state index is -1.19. The molecule has 0 aliphatic rings. The molecule has 106 valence electrons. The Morgan fingerprint density at radius 1 is 1.50 bits per heavy atom. The number of carboxylic acids is 1. The van der Waals surface area contributed by atoms with Gasteiger partial charge in [-0.3, -0.25) is 4.79 Å². The first-order chi connectivity index (χ1) is 9.43. The molecule has 0 radical (unpaired) electrons. The molecule has 1 rings (SSSR count). The van der Waals surface area contributed by atoms with Gasteiger partial charge in [-0.25, -0.2) is 9.18 Å². The van der Waals surface area contributed by atoms with Crippen molar-refractivity contribution < 1.29 is 19.1 Å².